The number of benzene rings is 2. The number of ether oxygens (including phenoxy) is 2. The van der Waals surface area contributed by atoms with Gasteiger partial charge in [0.15, 0.2) is 0 Å². The molecule has 8 nitrogen and oxygen atoms in total. The third kappa shape index (κ3) is 5.14. The Balaban J connectivity index is 1.42. The van der Waals surface area contributed by atoms with Gasteiger partial charge in [0.05, 0.1) is 32.6 Å². The van der Waals surface area contributed by atoms with Gasteiger partial charge in [-0.25, -0.2) is 14.8 Å². The molecular weight excluding hydrogens is 454 g/mol. The summed E-state index contributed by atoms with van der Waals surface area (Å²) in [5.74, 6) is 2.53. The average molecular weight is 488 g/mol. The molecule has 0 aliphatic carbocycles. The monoisotopic (exact) mass is 487 g/mol. The topological polar surface area (TPSA) is 79.8 Å². The molecule has 3 aromatic rings. The molecule has 1 saturated heterocycles. The Bertz CT molecular complexity index is 1240. The molecule has 0 bridgehead atoms. The van der Waals surface area contributed by atoms with Gasteiger partial charge in [0, 0.05) is 43.7 Å². The second-order valence-corrected chi connectivity index (χ2v) is 9.38. The Morgan fingerprint density at radius 1 is 1.06 bits per heavy atom. The van der Waals surface area contributed by atoms with Gasteiger partial charge in [0.2, 0.25) is 0 Å². The van der Waals surface area contributed by atoms with Crippen LogP contribution in [0.1, 0.15) is 33.8 Å². The van der Waals surface area contributed by atoms with E-state index in [0.29, 0.717) is 39.1 Å². The lowest BCUT2D eigenvalue weighted by Crippen LogP contribution is -2.42. The van der Waals surface area contributed by atoms with E-state index in [0.717, 1.165) is 64.1 Å². The molecule has 5 rings (SSSR count). The molecule has 1 aromatic heterocycles. The van der Waals surface area contributed by atoms with Crippen LogP contribution in [0.5, 0.6) is 5.75 Å². The van der Waals surface area contributed by atoms with E-state index in [1.165, 1.54) is 0 Å². The van der Waals surface area contributed by atoms with E-state index in [-0.39, 0.29) is 6.03 Å². The van der Waals surface area contributed by atoms with Gasteiger partial charge in [-0.15, -0.1) is 0 Å². The molecule has 36 heavy (non-hydrogen) atoms. The van der Waals surface area contributed by atoms with Crippen molar-refractivity contribution in [3.05, 3.63) is 76.2 Å². The predicted molar refractivity (Wildman–Crippen MR) is 140 cm³/mol. The molecule has 8 heteroatoms. The van der Waals surface area contributed by atoms with E-state index < -0.39 is 0 Å². The van der Waals surface area contributed by atoms with Crippen LogP contribution in [0.15, 0.2) is 42.5 Å². The number of aryl methyl sites for hydroxylation is 2. The lowest BCUT2D eigenvalue weighted by Gasteiger charge is -2.34. The summed E-state index contributed by atoms with van der Waals surface area (Å²) in [6, 6.07) is 14.0. The molecule has 0 saturated carbocycles. The first-order chi connectivity index (χ1) is 17.5. The Labute approximate surface area is 212 Å². The molecule has 0 radical (unpaired) electrons. The van der Waals surface area contributed by atoms with E-state index >= 15 is 0 Å². The van der Waals surface area contributed by atoms with Crippen LogP contribution in [0.2, 0.25) is 0 Å². The average Bonchev–Trinajstić information content (AvgIpc) is 2.90. The fourth-order valence-corrected chi connectivity index (χ4v) is 4.90. The van der Waals surface area contributed by atoms with Crippen LogP contribution in [0, 0.1) is 13.8 Å². The van der Waals surface area contributed by atoms with Gasteiger partial charge in [-0.05, 0) is 42.7 Å². The predicted octanol–water partition coefficient (Wildman–Crippen LogP) is 4.12. The van der Waals surface area contributed by atoms with Gasteiger partial charge in [-0.3, -0.25) is 0 Å². The molecule has 1 fully saturated rings. The maximum atomic E-state index is 13.3. The van der Waals surface area contributed by atoms with Crippen molar-refractivity contribution in [1.82, 2.24) is 14.9 Å². The number of aromatic nitrogens is 2. The van der Waals surface area contributed by atoms with Crippen molar-refractivity contribution < 1.29 is 14.3 Å². The van der Waals surface area contributed by atoms with Gasteiger partial charge in [-0.2, -0.15) is 0 Å². The van der Waals surface area contributed by atoms with E-state index in [4.69, 9.17) is 19.4 Å². The standard InChI is InChI=1S/C28H33N5O3/c1-19-6-4-7-20(2)26(19)31-28(34)33-11-10-24-23(18-33)27(32-12-14-36-15-13-32)30-25(29-24)17-21-8-5-9-22(16-21)35-3/h4-9,16H,10-15,17-18H2,1-3H3,(H,31,34). The normalized spacial score (nSPS) is 15.4. The Morgan fingerprint density at radius 2 is 1.81 bits per heavy atom. The van der Waals surface area contributed by atoms with E-state index in [1.807, 2.05) is 55.1 Å². The van der Waals surface area contributed by atoms with Crippen LogP contribution < -0.4 is 15.0 Å². The molecule has 2 amide bonds. The number of nitrogens with one attached hydrogen (secondary N) is 1. The first-order valence-corrected chi connectivity index (χ1v) is 12.5. The zero-order valence-electron chi connectivity index (χ0n) is 21.2. The van der Waals surface area contributed by atoms with Gasteiger partial charge >= 0.3 is 6.03 Å². The minimum absolute atomic E-state index is 0.0913. The van der Waals surface area contributed by atoms with Crippen molar-refractivity contribution in [2.45, 2.75) is 33.2 Å². The lowest BCUT2D eigenvalue weighted by atomic mass is 10.0. The molecule has 188 valence electrons. The van der Waals surface area contributed by atoms with Crippen LogP contribution >= 0.6 is 0 Å². The number of hydrogen-bond acceptors (Lipinski definition) is 6. The Kier molecular flexibility index (Phi) is 7.04. The number of nitrogens with zero attached hydrogens (tertiary/aromatic N) is 4. The summed E-state index contributed by atoms with van der Waals surface area (Å²) in [5, 5.41) is 3.13. The highest BCUT2D eigenvalue weighted by molar-refractivity contribution is 5.91. The summed E-state index contributed by atoms with van der Waals surface area (Å²) in [4.78, 5) is 27.4. The highest BCUT2D eigenvalue weighted by Gasteiger charge is 2.28. The summed E-state index contributed by atoms with van der Waals surface area (Å²) >= 11 is 0. The molecule has 1 N–H and O–H groups in total. The number of methoxy groups -OCH3 is 1. The number of anilines is 2. The smallest absolute Gasteiger partial charge is 0.322 e. The summed E-state index contributed by atoms with van der Waals surface area (Å²) < 4.78 is 11.0. The van der Waals surface area contributed by atoms with Crippen molar-refractivity contribution in [3.8, 4) is 5.75 Å². The first kappa shape index (κ1) is 24.1. The van der Waals surface area contributed by atoms with Gasteiger partial charge in [0.1, 0.15) is 17.4 Å². The summed E-state index contributed by atoms with van der Waals surface area (Å²) in [6.45, 7) is 8.01. The number of morpholine rings is 1. The van der Waals surface area contributed by atoms with Gasteiger partial charge in [-0.1, -0.05) is 30.3 Å². The highest BCUT2D eigenvalue weighted by Crippen LogP contribution is 2.29. The minimum Gasteiger partial charge on any atom is -0.497 e. The molecule has 3 heterocycles. The number of rotatable bonds is 5. The summed E-state index contributed by atoms with van der Waals surface area (Å²) in [7, 11) is 1.67. The summed E-state index contributed by atoms with van der Waals surface area (Å²) in [6.07, 6.45) is 1.32. The second kappa shape index (κ2) is 10.5. The number of urea groups is 1. The van der Waals surface area contributed by atoms with Crippen molar-refractivity contribution in [3.63, 3.8) is 0 Å². The van der Waals surface area contributed by atoms with Crippen LogP contribution in [-0.2, 0) is 24.1 Å². The number of amides is 2. The van der Waals surface area contributed by atoms with Crippen molar-refractivity contribution in [1.29, 1.82) is 0 Å². The van der Waals surface area contributed by atoms with Crippen LogP contribution in [0.3, 0.4) is 0 Å². The fourth-order valence-electron chi connectivity index (χ4n) is 4.90. The van der Waals surface area contributed by atoms with Crippen molar-refractivity contribution in [2.75, 3.05) is 50.2 Å². The van der Waals surface area contributed by atoms with E-state index in [2.05, 4.69) is 16.3 Å². The SMILES string of the molecule is COc1cccc(Cc2nc3c(c(N4CCOCC4)n2)CN(C(=O)Nc2c(C)cccc2C)CC3)c1. The second-order valence-electron chi connectivity index (χ2n) is 9.38. The summed E-state index contributed by atoms with van der Waals surface area (Å²) in [5.41, 5.74) is 6.16. The van der Waals surface area contributed by atoms with Crippen molar-refractivity contribution in [2.24, 2.45) is 0 Å². The molecule has 0 unspecified atom stereocenters. The Hall–Kier alpha value is -3.65. The van der Waals surface area contributed by atoms with E-state index in [9.17, 15) is 4.79 Å². The number of carbonyl (C=O) groups excluding carboxylic acids is 1. The molecule has 2 aliphatic heterocycles. The molecule has 2 aliphatic rings. The van der Waals surface area contributed by atoms with E-state index in [1.54, 1.807) is 7.11 Å². The molecular formula is C28H33N5O3. The van der Waals surface area contributed by atoms with Crippen LogP contribution in [0.4, 0.5) is 16.3 Å². The highest BCUT2D eigenvalue weighted by atomic mass is 16.5. The number of hydrogen-bond donors (Lipinski definition) is 1. The zero-order chi connectivity index (χ0) is 25.1. The third-order valence-corrected chi connectivity index (χ3v) is 6.89. The molecule has 0 spiro atoms. The Morgan fingerprint density at radius 3 is 2.56 bits per heavy atom. The first-order valence-electron chi connectivity index (χ1n) is 12.5. The maximum absolute atomic E-state index is 13.3. The van der Waals surface area contributed by atoms with Gasteiger partial charge in [0.25, 0.3) is 0 Å². The van der Waals surface area contributed by atoms with Crippen LogP contribution in [-0.4, -0.2) is 60.9 Å². The third-order valence-electron chi connectivity index (χ3n) is 6.89. The number of fused-ring (bicyclic) bond motifs is 1. The molecule has 2 aromatic carbocycles. The number of para-hydroxylation sites is 1. The quantitative estimate of drug-likeness (QED) is 0.583. The number of carbonyl (C=O) groups is 1. The largest absolute Gasteiger partial charge is 0.497 e. The zero-order valence-corrected chi connectivity index (χ0v) is 21.2. The van der Waals surface area contributed by atoms with Gasteiger partial charge < -0.3 is 24.6 Å². The van der Waals surface area contributed by atoms with Crippen molar-refractivity contribution >= 4 is 17.5 Å². The maximum Gasteiger partial charge on any atom is 0.322 e. The fraction of sp³-hybridized carbons (Fsp3) is 0.393. The lowest BCUT2D eigenvalue weighted by molar-refractivity contribution is 0.122. The molecule has 0 atom stereocenters. The van der Waals surface area contributed by atoms with Crippen LogP contribution in [0.25, 0.3) is 0 Å². The minimum atomic E-state index is -0.0913.